The van der Waals surface area contributed by atoms with Gasteiger partial charge in [-0.15, -0.1) is 6.58 Å². The van der Waals surface area contributed by atoms with Crippen LogP contribution in [0.15, 0.2) is 43.0 Å². The number of hydrogen-bond donors (Lipinski definition) is 0. The summed E-state index contributed by atoms with van der Waals surface area (Å²) >= 11 is 0. The Morgan fingerprint density at radius 3 is 2.19 bits per heavy atom. The molecule has 0 spiro atoms. The van der Waals surface area contributed by atoms with Crippen LogP contribution in [-0.2, 0) is 5.41 Å². The first-order valence-corrected chi connectivity index (χ1v) is 5.92. The number of rotatable bonds is 4. The standard InChI is InChI=1S/C16H22/c1-5-6-7-8-9-14-10-12-15(13-11-14)16(2,3)4/h5,8-13H,1,6-7H2,2-4H3/b9-8-. The zero-order chi connectivity index (χ0) is 12.0. The van der Waals surface area contributed by atoms with E-state index < -0.39 is 0 Å². The minimum absolute atomic E-state index is 0.241. The van der Waals surface area contributed by atoms with Gasteiger partial charge in [0, 0.05) is 0 Å². The van der Waals surface area contributed by atoms with Crippen molar-refractivity contribution in [1.29, 1.82) is 0 Å². The van der Waals surface area contributed by atoms with Crippen LogP contribution in [0.5, 0.6) is 0 Å². The Morgan fingerprint density at radius 1 is 1.06 bits per heavy atom. The van der Waals surface area contributed by atoms with Gasteiger partial charge in [-0.2, -0.15) is 0 Å². The van der Waals surface area contributed by atoms with Crippen LogP contribution in [0.4, 0.5) is 0 Å². The number of hydrogen-bond acceptors (Lipinski definition) is 0. The second-order valence-corrected chi connectivity index (χ2v) is 5.14. The van der Waals surface area contributed by atoms with E-state index in [9.17, 15) is 0 Å². The smallest absolute Gasteiger partial charge is 0.0132 e. The van der Waals surface area contributed by atoms with Crippen molar-refractivity contribution in [1.82, 2.24) is 0 Å². The summed E-state index contributed by atoms with van der Waals surface area (Å²) in [4.78, 5) is 0. The maximum atomic E-state index is 3.71. The van der Waals surface area contributed by atoms with E-state index in [0.29, 0.717) is 0 Å². The minimum Gasteiger partial charge on any atom is -0.103 e. The monoisotopic (exact) mass is 214 g/mol. The third-order valence-electron chi connectivity index (χ3n) is 2.62. The first-order chi connectivity index (χ1) is 7.54. The summed E-state index contributed by atoms with van der Waals surface area (Å²) in [6.45, 7) is 10.4. The molecule has 0 fully saturated rings. The SMILES string of the molecule is C=CCC/C=C\c1ccc(C(C)(C)C)cc1. The van der Waals surface area contributed by atoms with Gasteiger partial charge >= 0.3 is 0 Å². The van der Waals surface area contributed by atoms with Crippen LogP contribution in [-0.4, -0.2) is 0 Å². The average Bonchev–Trinajstić information content (AvgIpc) is 2.24. The third kappa shape index (κ3) is 4.06. The second-order valence-electron chi connectivity index (χ2n) is 5.14. The van der Waals surface area contributed by atoms with Gasteiger partial charge in [0.2, 0.25) is 0 Å². The van der Waals surface area contributed by atoms with Crippen LogP contribution in [0.1, 0.15) is 44.7 Å². The van der Waals surface area contributed by atoms with E-state index in [1.165, 1.54) is 11.1 Å². The summed E-state index contributed by atoms with van der Waals surface area (Å²) in [6.07, 6.45) is 8.46. The van der Waals surface area contributed by atoms with Gasteiger partial charge < -0.3 is 0 Å². The van der Waals surface area contributed by atoms with E-state index in [1.807, 2.05) is 6.08 Å². The molecule has 0 heteroatoms. The van der Waals surface area contributed by atoms with Gasteiger partial charge in [-0.1, -0.05) is 63.3 Å². The third-order valence-corrected chi connectivity index (χ3v) is 2.62. The van der Waals surface area contributed by atoms with E-state index >= 15 is 0 Å². The number of unbranched alkanes of at least 4 members (excludes halogenated alkanes) is 1. The maximum Gasteiger partial charge on any atom is -0.0132 e. The molecule has 0 amide bonds. The van der Waals surface area contributed by atoms with Gasteiger partial charge in [0.25, 0.3) is 0 Å². The lowest BCUT2D eigenvalue weighted by Gasteiger charge is -2.18. The van der Waals surface area contributed by atoms with Crippen LogP contribution in [0.3, 0.4) is 0 Å². The summed E-state index contributed by atoms with van der Waals surface area (Å²) in [5.41, 5.74) is 2.90. The van der Waals surface area contributed by atoms with Gasteiger partial charge in [0.05, 0.1) is 0 Å². The molecule has 0 unspecified atom stereocenters. The summed E-state index contributed by atoms with van der Waals surface area (Å²) in [5.74, 6) is 0. The van der Waals surface area contributed by atoms with E-state index in [2.05, 4.69) is 63.8 Å². The Labute approximate surface area is 99.7 Å². The molecule has 0 N–H and O–H groups in total. The Kier molecular flexibility index (Phi) is 4.54. The highest BCUT2D eigenvalue weighted by Gasteiger charge is 2.12. The molecule has 0 aliphatic rings. The zero-order valence-corrected chi connectivity index (χ0v) is 10.7. The molecular weight excluding hydrogens is 192 g/mol. The van der Waals surface area contributed by atoms with Gasteiger partial charge in [0.1, 0.15) is 0 Å². The molecular formula is C16H22. The molecule has 0 bridgehead atoms. The first-order valence-electron chi connectivity index (χ1n) is 5.92. The minimum atomic E-state index is 0.241. The number of allylic oxidation sites excluding steroid dienone is 2. The summed E-state index contributed by atoms with van der Waals surface area (Å²) in [7, 11) is 0. The lowest BCUT2D eigenvalue weighted by Crippen LogP contribution is -2.10. The maximum absolute atomic E-state index is 3.71. The van der Waals surface area contributed by atoms with Gasteiger partial charge in [-0.25, -0.2) is 0 Å². The Balaban J connectivity index is 2.65. The molecule has 1 rings (SSSR count). The molecule has 0 heterocycles. The van der Waals surface area contributed by atoms with E-state index in [1.54, 1.807) is 0 Å². The molecule has 86 valence electrons. The molecule has 0 aliphatic heterocycles. The highest BCUT2D eigenvalue weighted by molar-refractivity contribution is 5.50. The molecule has 0 aliphatic carbocycles. The van der Waals surface area contributed by atoms with Crippen molar-refractivity contribution in [3.8, 4) is 0 Å². The van der Waals surface area contributed by atoms with Gasteiger partial charge in [-0.05, 0) is 29.4 Å². The summed E-state index contributed by atoms with van der Waals surface area (Å²) in [5, 5.41) is 0. The predicted molar refractivity (Wildman–Crippen MR) is 73.6 cm³/mol. The molecule has 0 saturated carbocycles. The second kappa shape index (κ2) is 5.69. The molecule has 0 saturated heterocycles. The average molecular weight is 214 g/mol. The summed E-state index contributed by atoms with van der Waals surface area (Å²) in [6, 6.07) is 8.80. The first kappa shape index (κ1) is 12.8. The molecule has 16 heavy (non-hydrogen) atoms. The summed E-state index contributed by atoms with van der Waals surface area (Å²) < 4.78 is 0. The Hall–Kier alpha value is -1.30. The van der Waals surface area contributed by atoms with Crippen LogP contribution in [0.25, 0.3) is 6.08 Å². The van der Waals surface area contributed by atoms with Crippen LogP contribution in [0.2, 0.25) is 0 Å². The highest BCUT2D eigenvalue weighted by atomic mass is 14.2. The largest absolute Gasteiger partial charge is 0.103 e. The number of benzene rings is 1. The van der Waals surface area contributed by atoms with E-state index in [-0.39, 0.29) is 5.41 Å². The topological polar surface area (TPSA) is 0 Å². The van der Waals surface area contributed by atoms with Crippen molar-refractivity contribution in [3.05, 3.63) is 54.1 Å². The molecule has 0 aromatic heterocycles. The Bertz CT molecular complexity index is 347. The fourth-order valence-corrected chi connectivity index (χ4v) is 1.53. The molecule has 0 atom stereocenters. The molecule has 0 radical (unpaired) electrons. The molecule has 0 nitrogen and oxygen atoms in total. The van der Waals surface area contributed by atoms with Gasteiger partial charge in [-0.3, -0.25) is 0 Å². The lowest BCUT2D eigenvalue weighted by atomic mass is 9.87. The zero-order valence-electron chi connectivity index (χ0n) is 10.7. The lowest BCUT2D eigenvalue weighted by molar-refractivity contribution is 0.590. The van der Waals surface area contributed by atoms with Crippen molar-refractivity contribution < 1.29 is 0 Å². The van der Waals surface area contributed by atoms with Crippen molar-refractivity contribution in [3.63, 3.8) is 0 Å². The Morgan fingerprint density at radius 2 is 1.69 bits per heavy atom. The van der Waals surface area contributed by atoms with E-state index in [0.717, 1.165) is 12.8 Å². The van der Waals surface area contributed by atoms with E-state index in [4.69, 9.17) is 0 Å². The van der Waals surface area contributed by atoms with Crippen molar-refractivity contribution >= 4 is 6.08 Å². The van der Waals surface area contributed by atoms with Crippen molar-refractivity contribution in [2.45, 2.75) is 39.0 Å². The predicted octanol–water partition coefficient (Wildman–Crippen LogP) is 4.96. The van der Waals surface area contributed by atoms with Crippen molar-refractivity contribution in [2.75, 3.05) is 0 Å². The fourth-order valence-electron chi connectivity index (χ4n) is 1.53. The van der Waals surface area contributed by atoms with Crippen LogP contribution < -0.4 is 0 Å². The van der Waals surface area contributed by atoms with Crippen molar-refractivity contribution in [2.24, 2.45) is 0 Å². The van der Waals surface area contributed by atoms with Crippen LogP contribution >= 0.6 is 0 Å². The van der Waals surface area contributed by atoms with Gasteiger partial charge in [0.15, 0.2) is 0 Å². The fraction of sp³-hybridized carbons (Fsp3) is 0.375. The highest BCUT2D eigenvalue weighted by Crippen LogP contribution is 2.22. The normalized spacial score (nSPS) is 11.9. The quantitative estimate of drug-likeness (QED) is 0.490. The van der Waals surface area contributed by atoms with Crippen LogP contribution in [0, 0.1) is 0 Å². The molecule has 1 aromatic carbocycles. The molecule has 1 aromatic rings.